The molecule has 0 atom stereocenters. The van der Waals surface area contributed by atoms with Crippen molar-refractivity contribution in [3.63, 3.8) is 0 Å². The first-order valence-electron chi connectivity index (χ1n) is 12.0. The van der Waals surface area contributed by atoms with Gasteiger partial charge >= 0.3 is 107 Å². The molecule has 0 heterocycles. The standard InChI is InChI=1S/C20H2F34O4/c21-5(22,7(25,26)9(29,30)11(33,34)13(37,38)15(41,42)17(45,46)19(49,50)51)1(3(55)56)2(4(57)58)6(23,24)8(27,28)10(31,32)12(35,36)14(39,40)16(43,44)18(47,48)20(52,53)54/h(H,55,56)(H,57,58)/b2-1+. The van der Waals surface area contributed by atoms with E-state index in [0.29, 0.717) is 0 Å². The van der Waals surface area contributed by atoms with Gasteiger partial charge in [-0.2, -0.15) is 149 Å². The van der Waals surface area contributed by atoms with E-state index in [0.717, 1.165) is 0 Å². The second-order valence-electron chi connectivity index (χ2n) is 10.4. The van der Waals surface area contributed by atoms with Crippen molar-refractivity contribution >= 4 is 11.9 Å². The number of hydrogen-bond acceptors (Lipinski definition) is 2. The Bertz CT molecular complexity index is 1500. The number of aliphatic carboxylic acids is 2. The van der Waals surface area contributed by atoms with Crippen LogP contribution < -0.4 is 0 Å². The Morgan fingerprint density at radius 3 is 0.466 bits per heavy atom. The fourth-order valence-electron chi connectivity index (χ4n) is 3.44. The highest BCUT2D eigenvalue weighted by Gasteiger charge is 2.98. The first kappa shape index (κ1) is 54.3. The molecule has 0 spiro atoms. The van der Waals surface area contributed by atoms with Crippen LogP contribution in [0, 0.1) is 0 Å². The van der Waals surface area contributed by atoms with Crippen LogP contribution in [0.15, 0.2) is 11.1 Å². The molecule has 0 fully saturated rings. The molecule has 0 aromatic rings. The van der Waals surface area contributed by atoms with Gasteiger partial charge in [0.15, 0.2) is 0 Å². The van der Waals surface area contributed by atoms with E-state index in [2.05, 4.69) is 0 Å². The fourth-order valence-corrected chi connectivity index (χ4v) is 3.44. The third-order valence-corrected chi connectivity index (χ3v) is 6.75. The van der Waals surface area contributed by atoms with Crippen LogP contribution in [0.25, 0.3) is 0 Å². The van der Waals surface area contributed by atoms with E-state index in [9.17, 15) is 159 Å². The number of halogens is 34. The summed E-state index contributed by atoms with van der Waals surface area (Å²) >= 11 is 0. The van der Waals surface area contributed by atoms with Gasteiger partial charge in [0, 0.05) is 0 Å². The van der Waals surface area contributed by atoms with Gasteiger partial charge < -0.3 is 10.2 Å². The fraction of sp³-hybridized carbons (Fsp3) is 0.800. The first-order valence-corrected chi connectivity index (χ1v) is 12.0. The molecular weight excluding hydrogens is 950 g/mol. The lowest BCUT2D eigenvalue weighted by atomic mass is 9.82. The lowest BCUT2D eigenvalue weighted by Gasteiger charge is -2.44. The van der Waals surface area contributed by atoms with Gasteiger partial charge in [-0.1, -0.05) is 0 Å². The Kier molecular flexibility index (Phi) is 12.5. The van der Waals surface area contributed by atoms with Gasteiger partial charge in [0.1, 0.15) is 11.1 Å². The molecule has 0 radical (unpaired) electrons. The molecule has 0 aromatic carbocycles. The van der Waals surface area contributed by atoms with E-state index in [1.54, 1.807) is 0 Å². The average molecular weight is 952 g/mol. The number of hydrogen-bond donors (Lipinski definition) is 2. The summed E-state index contributed by atoms with van der Waals surface area (Å²) in [6.45, 7) is 0. The van der Waals surface area contributed by atoms with E-state index in [-0.39, 0.29) is 0 Å². The highest BCUT2D eigenvalue weighted by atomic mass is 19.4. The molecule has 0 bridgehead atoms. The van der Waals surface area contributed by atoms with Gasteiger partial charge in [0.2, 0.25) is 0 Å². The van der Waals surface area contributed by atoms with Crippen LogP contribution in [0.3, 0.4) is 0 Å². The van der Waals surface area contributed by atoms with Crippen LogP contribution in [0.2, 0.25) is 0 Å². The molecule has 38 heteroatoms. The Balaban J connectivity index is 8.44. The molecule has 0 saturated heterocycles. The quantitative estimate of drug-likeness (QED) is 0.119. The summed E-state index contributed by atoms with van der Waals surface area (Å²) < 4.78 is 459. The van der Waals surface area contributed by atoms with Crippen LogP contribution in [0.5, 0.6) is 0 Å². The Hall–Kier alpha value is -3.70. The molecule has 0 rings (SSSR count). The monoisotopic (exact) mass is 952 g/mol. The van der Waals surface area contributed by atoms with E-state index in [4.69, 9.17) is 10.2 Å². The maximum Gasteiger partial charge on any atom is 0.460 e. The van der Waals surface area contributed by atoms with Crippen LogP contribution in [0.1, 0.15) is 0 Å². The summed E-state index contributed by atoms with van der Waals surface area (Å²) in [5, 5.41) is 16.9. The average Bonchev–Trinajstić information content (AvgIpc) is 2.96. The van der Waals surface area contributed by atoms with Crippen molar-refractivity contribution in [3.8, 4) is 0 Å². The summed E-state index contributed by atoms with van der Waals surface area (Å²) in [7, 11) is 0. The smallest absolute Gasteiger partial charge is 0.460 e. The zero-order valence-corrected chi connectivity index (χ0v) is 24.6. The van der Waals surface area contributed by atoms with Gasteiger partial charge in [-0.3, -0.25) is 0 Å². The summed E-state index contributed by atoms with van der Waals surface area (Å²) in [6.07, 6.45) is -16.8. The Morgan fingerprint density at radius 1 is 0.224 bits per heavy atom. The summed E-state index contributed by atoms with van der Waals surface area (Å²) in [5.41, 5.74) is -12.1. The molecule has 0 unspecified atom stereocenters. The zero-order valence-electron chi connectivity index (χ0n) is 24.6. The lowest BCUT2D eigenvalue weighted by molar-refractivity contribution is -0.460. The van der Waals surface area contributed by atoms with Gasteiger partial charge in [-0.25, -0.2) is 9.59 Å². The van der Waals surface area contributed by atoms with E-state index in [1.807, 2.05) is 0 Å². The molecular formula is C20H2F34O4. The minimum absolute atomic E-state index is 5.31. The van der Waals surface area contributed by atoms with Crippen LogP contribution >= 0.6 is 0 Å². The van der Waals surface area contributed by atoms with Gasteiger partial charge in [0.25, 0.3) is 0 Å². The zero-order chi connectivity index (χ0) is 48.3. The van der Waals surface area contributed by atoms with Crippen molar-refractivity contribution in [3.05, 3.63) is 11.1 Å². The summed E-state index contributed by atoms with van der Waals surface area (Å²) in [5.74, 6) is -144. The van der Waals surface area contributed by atoms with Crippen molar-refractivity contribution < 1.29 is 169 Å². The van der Waals surface area contributed by atoms with Crippen LogP contribution in [-0.2, 0) is 9.59 Å². The third kappa shape index (κ3) is 6.43. The summed E-state index contributed by atoms with van der Waals surface area (Å²) in [4.78, 5) is 22.1. The number of carbonyl (C=O) groups is 2. The van der Waals surface area contributed by atoms with Crippen molar-refractivity contribution in [1.29, 1.82) is 0 Å². The summed E-state index contributed by atoms with van der Waals surface area (Å²) in [6, 6.07) is 0. The predicted molar refractivity (Wildman–Crippen MR) is 104 cm³/mol. The normalized spacial score (nSPS) is 17.0. The molecule has 0 aromatic heterocycles. The lowest BCUT2D eigenvalue weighted by Crippen LogP contribution is -2.75. The van der Waals surface area contributed by atoms with E-state index >= 15 is 0 Å². The predicted octanol–water partition coefficient (Wildman–Crippen LogP) is 10.5. The van der Waals surface area contributed by atoms with Crippen molar-refractivity contribution in [2.24, 2.45) is 0 Å². The second kappa shape index (κ2) is 13.4. The van der Waals surface area contributed by atoms with Gasteiger partial charge in [-0.05, 0) is 0 Å². The van der Waals surface area contributed by atoms with Gasteiger partial charge in [-0.15, -0.1) is 0 Å². The number of rotatable bonds is 16. The minimum atomic E-state index is -9.89. The van der Waals surface area contributed by atoms with Crippen molar-refractivity contribution in [2.45, 2.75) is 95.3 Å². The maximum atomic E-state index is 14.5. The molecule has 4 nitrogen and oxygen atoms in total. The molecule has 2 N–H and O–H groups in total. The third-order valence-electron chi connectivity index (χ3n) is 6.75. The molecule has 0 amide bonds. The number of alkyl halides is 34. The minimum Gasteiger partial charge on any atom is -0.478 e. The highest BCUT2D eigenvalue weighted by Crippen LogP contribution is 2.67. The SMILES string of the molecule is O=C(O)/C(=C(/C(=O)O)C(F)(F)C(F)(F)C(F)(F)C(F)(F)C(F)(F)C(F)(F)C(F)(F)C(F)(F)F)C(F)(F)C(F)(F)C(F)(F)C(F)(F)C(F)(F)C(F)(F)C(F)(F)C(F)(F)F. The van der Waals surface area contributed by atoms with E-state index in [1.165, 1.54) is 0 Å². The largest absolute Gasteiger partial charge is 0.478 e. The topological polar surface area (TPSA) is 74.6 Å². The number of carboxylic acid groups (broad SMARTS) is 2. The molecule has 0 aliphatic rings. The van der Waals surface area contributed by atoms with Crippen molar-refractivity contribution in [1.82, 2.24) is 0 Å². The van der Waals surface area contributed by atoms with E-state index < -0.39 is 118 Å². The molecule has 344 valence electrons. The highest BCUT2D eigenvalue weighted by molar-refractivity contribution is 6.01. The molecule has 0 saturated carbocycles. The maximum absolute atomic E-state index is 14.5. The molecule has 0 aliphatic heterocycles. The molecule has 0 aliphatic carbocycles. The second-order valence-corrected chi connectivity index (χ2v) is 10.4. The van der Waals surface area contributed by atoms with Crippen molar-refractivity contribution in [2.75, 3.05) is 0 Å². The Labute approximate surface area is 289 Å². The van der Waals surface area contributed by atoms with Gasteiger partial charge in [0.05, 0.1) is 0 Å². The first-order chi connectivity index (χ1) is 24.4. The van der Waals surface area contributed by atoms with Crippen LogP contribution in [-0.4, -0.2) is 117 Å². The van der Waals surface area contributed by atoms with Crippen LogP contribution in [0.4, 0.5) is 149 Å². The Morgan fingerprint density at radius 2 is 0.345 bits per heavy atom. The molecule has 58 heavy (non-hydrogen) atoms. The number of carboxylic acids is 2.